The number of carbonyl (C=O) groups is 1. The lowest BCUT2D eigenvalue weighted by Crippen LogP contribution is -2.34. The van der Waals surface area contributed by atoms with E-state index in [2.05, 4.69) is 5.10 Å². The lowest BCUT2D eigenvalue weighted by molar-refractivity contribution is -0.129. The second-order valence-electron chi connectivity index (χ2n) is 4.65. The molecule has 0 saturated carbocycles. The van der Waals surface area contributed by atoms with E-state index >= 15 is 0 Å². The Hall–Kier alpha value is -2.15. The predicted molar refractivity (Wildman–Crippen MR) is 79.7 cm³/mol. The lowest BCUT2D eigenvalue weighted by atomic mass is 10.3. The highest BCUT2D eigenvalue weighted by molar-refractivity contribution is 7.15. The van der Waals surface area contributed by atoms with E-state index in [0.717, 1.165) is 14.4 Å². The van der Waals surface area contributed by atoms with E-state index < -0.39 is 5.56 Å². The molecule has 1 amide bonds. The van der Waals surface area contributed by atoms with E-state index in [4.69, 9.17) is 5.73 Å². The summed E-state index contributed by atoms with van der Waals surface area (Å²) in [6.45, 7) is 1.87. The number of aromatic nitrogens is 2. The first kappa shape index (κ1) is 14.3. The van der Waals surface area contributed by atoms with Gasteiger partial charge >= 0.3 is 0 Å². The molecule has 20 heavy (non-hydrogen) atoms. The Kier molecular flexibility index (Phi) is 3.89. The molecule has 0 aliphatic heterocycles. The van der Waals surface area contributed by atoms with Crippen LogP contribution in [0.5, 0.6) is 0 Å². The Morgan fingerprint density at radius 3 is 2.70 bits per heavy atom. The molecule has 2 aromatic heterocycles. The van der Waals surface area contributed by atoms with Crippen LogP contribution in [-0.2, 0) is 11.3 Å². The van der Waals surface area contributed by atoms with Gasteiger partial charge in [-0.05, 0) is 25.1 Å². The van der Waals surface area contributed by atoms with Crippen LogP contribution in [0.3, 0.4) is 0 Å². The zero-order valence-electron chi connectivity index (χ0n) is 11.6. The summed E-state index contributed by atoms with van der Waals surface area (Å²) in [5.74, 6) is -0.210. The Bertz CT molecular complexity index is 703. The summed E-state index contributed by atoms with van der Waals surface area (Å²) in [5, 5.41) is 4.23. The molecular formula is C13H16N4O2S. The van der Waals surface area contributed by atoms with Crippen molar-refractivity contribution in [1.29, 1.82) is 0 Å². The quantitative estimate of drug-likeness (QED) is 0.913. The Balaban J connectivity index is 2.45. The molecule has 0 unspecified atom stereocenters. The summed E-state index contributed by atoms with van der Waals surface area (Å²) >= 11 is 1.56. The van der Waals surface area contributed by atoms with Crippen molar-refractivity contribution >= 4 is 22.9 Å². The minimum Gasteiger partial charge on any atom is -0.394 e. The van der Waals surface area contributed by atoms with Crippen molar-refractivity contribution in [3.63, 3.8) is 0 Å². The number of nitrogens with two attached hydrogens (primary N) is 1. The zero-order valence-corrected chi connectivity index (χ0v) is 12.4. The minimum atomic E-state index is -0.447. The average molecular weight is 292 g/mol. The molecule has 6 nitrogen and oxygen atoms in total. The number of anilines is 1. The van der Waals surface area contributed by atoms with Crippen LogP contribution in [0, 0.1) is 6.92 Å². The number of hydrogen-bond acceptors (Lipinski definition) is 5. The second-order valence-corrected chi connectivity index (χ2v) is 5.93. The molecule has 2 N–H and O–H groups in total. The highest BCUT2D eigenvalue weighted by Crippen LogP contribution is 2.26. The average Bonchev–Trinajstić information content (AvgIpc) is 2.81. The van der Waals surface area contributed by atoms with Gasteiger partial charge in [0.05, 0.1) is 4.88 Å². The van der Waals surface area contributed by atoms with Gasteiger partial charge in [0, 0.05) is 19.0 Å². The van der Waals surface area contributed by atoms with Crippen LogP contribution in [0.2, 0.25) is 0 Å². The number of hydrogen-bond donors (Lipinski definition) is 1. The van der Waals surface area contributed by atoms with Crippen molar-refractivity contribution in [3.05, 3.63) is 33.4 Å². The molecule has 7 heteroatoms. The van der Waals surface area contributed by atoms with Gasteiger partial charge in [-0.3, -0.25) is 9.59 Å². The van der Waals surface area contributed by atoms with Gasteiger partial charge in [-0.2, -0.15) is 5.10 Å². The number of thiophene rings is 1. The highest BCUT2D eigenvalue weighted by atomic mass is 32.1. The Labute approximate surface area is 120 Å². The van der Waals surface area contributed by atoms with Crippen molar-refractivity contribution in [2.45, 2.75) is 13.5 Å². The van der Waals surface area contributed by atoms with Gasteiger partial charge in [-0.25, -0.2) is 4.68 Å². The Morgan fingerprint density at radius 1 is 1.45 bits per heavy atom. The predicted octanol–water partition coefficient (Wildman–Crippen LogP) is 0.951. The van der Waals surface area contributed by atoms with Crippen molar-refractivity contribution < 1.29 is 4.79 Å². The molecule has 2 rings (SSSR count). The van der Waals surface area contributed by atoms with E-state index in [1.807, 2.05) is 19.1 Å². The van der Waals surface area contributed by atoms with Gasteiger partial charge in [0.2, 0.25) is 5.91 Å². The van der Waals surface area contributed by atoms with E-state index in [1.165, 1.54) is 4.90 Å². The first-order valence-corrected chi connectivity index (χ1v) is 6.84. The number of nitrogens with zero attached hydrogens (tertiary/aromatic N) is 3. The summed E-state index contributed by atoms with van der Waals surface area (Å²) in [4.78, 5) is 27.1. The molecule has 0 atom stereocenters. The molecule has 0 aliphatic carbocycles. The van der Waals surface area contributed by atoms with E-state index in [-0.39, 0.29) is 18.1 Å². The van der Waals surface area contributed by atoms with Crippen LogP contribution in [-0.4, -0.2) is 34.7 Å². The molecule has 0 saturated heterocycles. The van der Waals surface area contributed by atoms with Gasteiger partial charge in [-0.15, -0.1) is 11.3 Å². The van der Waals surface area contributed by atoms with Gasteiger partial charge in [-0.1, -0.05) is 0 Å². The largest absolute Gasteiger partial charge is 0.394 e. The summed E-state index contributed by atoms with van der Waals surface area (Å²) in [5.41, 5.74) is 5.97. The van der Waals surface area contributed by atoms with Crippen LogP contribution >= 0.6 is 11.3 Å². The van der Waals surface area contributed by atoms with Crippen molar-refractivity contribution in [3.8, 4) is 10.6 Å². The van der Waals surface area contributed by atoms with Crippen LogP contribution < -0.4 is 11.3 Å². The van der Waals surface area contributed by atoms with Crippen LogP contribution in [0.1, 0.15) is 4.88 Å². The third kappa shape index (κ3) is 2.88. The van der Waals surface area contributed by atoms with Gasteiger partial charge < -0.3 is 10.6 Å². The summed E-state index contributed by atoms with van der Waals surface area (Å²) < 4.78 is 1.11. The molecule has 0 fully saturated rings. The lowest BCUT2D eigenvalue weighted by Gasteiger charge is -2.12. The first-order valence-electron chi connectivity index (χ1n) is 6.03. The van der Waals surface area contributed by atoms with Crippen molar-refractivity contribution in [2.75, 3.05) is 19.8 Å². The van der Waals surface area contributed by atoms with Crippen LogP contribution in [0.4, 0.5) is 5.69 Å². The standard InChI is InChI=1S/C13H16N4O2S/c1-8-4-5-11(20-8)10-6-9(14)13(19)17(15-10)7-12(18)16(2)3/h4-6H,7,14H2,1-3H3. The van der Waals surface area contributed by atoms with Crippen molar-refractivity contribution in [1.82, 2.24) is 14.7 Å². The summed E-state index contributed by atoms with van der Waals surface area (Å²) in [7, 11) is 3.26. The molecule has 0 aromatic carbocycles. The molecule has 2 aromatic rings. The van der Waals surface area contributed by atoms with Gasteiger partial charge in [0.1, 0.15) is 17.9 Å². The summed E-state index contributed by atoms with van der Waals surface area (Å²) in [6, 6.07) is 5.44. The van der Waals surface area contributed by atoms with Crippen LogP contribution in [0.15, 0.2) is 23.0 Å². The normalized spacial score (nSPS) is 10.6. The van der Waals surface area contributed by atoms with Gasteiger partial charge in [0.15, 0.2) is 0 Å². The number of amides is 1. The smallest absolute Gasteiger partial charge is 0.290 e. The fourth-order valence-corrected chi connectivity index (χ4v) is 2.46. The summed E-state index contributed by atoms with van der Waals surface area (Å²) in [6.07, 6.45) is 0. The molecule has 0 radical (unpaired) electrons. The van der Waals surface area contributed by atoms with E-state index in [1.54, 1.807) is 31.5 Å². The molecular weight excluding hydrogens is 276 g/mol. The first-order chi connectivity index (χ1) is 9.38. The van der Waals surface area contributed by atoms with E-state index in [0.29, 0.717) is 5.69 Å². The fraction of sp³-hybridized carbons (Fsp3) is 0.308. The van der Waals surface area contributed by atoms with Gasteiger partial charge in [0.25, 0.3) is 5.56 Å². The van der Waals surface area contributed by atoms with E-state index in [9.17, 15) is 9.59 Å². The minimum absolute atomic E-state index is 0.0904. The second kappa shape index (κ2) is 5.46. The molecule has 0 spiro atoms. The number of rotatable bonds is 3. The maximum Gasteiger partial charge on any atom is 0.290 e. The number of nitrogen functional groups attached to an aromatic ring is 1. The maximum atomic E-state index is 11.9. The number of likely N-dealkylation sites (N-methyl/N-ethyl adjacent to an activating group) is 1. The third-order valence-corrected chi connectivity index (χ3v) is 3.80. The SMILES string of the molecule is Cc1ccc(-c2cc(N)c(=O)n(CC(=O)N(C)C)n2)s1. The molecule has 0 bridgehead atoms. The Morgan fingerprint density at radius 2 is 2.15 bits per heavy atom. The fourth-order valence-electron chi connectivity index (χ4n) is 1.63. The van der Waals surface area contributed by atoms with Crippen LogP contribution in [0.25, 0.3) is 10.6 Å². The monoisotopic (exact) mass is 292 g/mol. The number of carbonyl (C=O) groups excluding carboxylic acids is 1. The molecule has 106 valence electrons. The molecule has 2 heterocycles. The third-order valence-electron chi connectivity index (χ3n) is 2.78. The zero-order chi connectivity index (χ0) is 14.9. The highest BCUT2D eigenvalue weighted by Gasteiger charge is 2.13. The molecule has 0 aliphatic rings. The topological polar surface area (TPSA) is 81.2 Å². The van der Waals surface area contributed by atoms with Crippen molar-refractivity contribution in [2.24, 2.45) is 0 Å². The number of aryl methyl sites for hydroxylation is 1. The maximum absolute atomic E-state index is 11.9.